The molecule has 0 spiro atoms. The first-order valence-corrected chi connectivity index (χ1v) is 8.81. The van der Waals surface area contributed by atoms with Gasteiger partial charge in [-0.3, -0.25) is 14.4 Å². The fourth-order valence-electron chi connectivity index (χ4n) is 2.84. The molecule has 0 saturated heterocycles. The van der Waals surface area contributed by atoms with Gasteiger partial charge in [0.25, 0.3) is 0 Å². The average Bonchev–Trinajstić information content (AvgIpc) is 3.05. The van der Waals surface area contributed by atoms with Crippen LogP contribution in [0.15, 0.2) is 0 Å². The summed E-state index contributed by atoms with van der Waals surface area (Å²) in [6.45, 7) is 4.94. The van der Waals surface area contributed by atoms with Crippen LogP contribution in [0.25, 0.3) is 0 Å². The van der Waals surface area contributed by atoms with Crippen LogP contribution in [0.2, 0.25) is 0 Å². The van der Waals surface area contributed by atoms with Crippen molar-refractivity contribution in [1.29, 1.82) is 0 Å². The molecule has 1 aliphatic carbocycles. The van der Waals surface area contributed by atoms with Gasteiger partial charge in [-0.25, -0.2) is 4.79 Å². The number of carbonyl (C=O) groups excluding carboxylic acids is 3. The molecule has 0 heterocycles. The maximum Gasteiger partial charge on any atom is 0.326 e. The van der Waals surface area contributed by atoms with Crippen molar-refractivity contribution in [2.24, 2.45) is 11.8 Å². The zero-order valence-electron chi connectivity index (χ0n) is 15.1. The van der Waals surface area contributed by atoms with E-state index in [1.54, 1.807) is 6.92 Å². The highest BCUT2D eigenvalue weighted by Crippen LogP contribution is 2.24. The first-order valence-electron chi connectivity index (χ1n) is 8.81. The van der Waals surface area contributed by atoms with Crippen molar-refractivity contribution < 1.29 is 24.3 Å². The SMILES string of the molecule is CC(C)C[C@H](NC(=O)CNC(=O)C(C)NC(=O)C1CCCC1)C(=O)O. The molecule has 8 nitrogen and oxygen atoms in total. The van der Waals surface area contributed by atoms with Crippen molar-refractivity contribution >= 4 is 23.7 Å². The summed E-state index contributed by atoms with van der Waals surface area (Å²) in [6, 6.07) is -1.73. The monoisotopic (exact) mass is 355 g/mol. The highest BCUT2D eigenvalue weighted by Gasteiger charge is 2.26. The lowest BCUT2D eigenvalue weighted by Gasteiger charge is -2.18. The van der Waals surface area contributed by atoms with E-state index in [0.717, 1.165) is 25.7 Å². The van der Waals surface area contributed by atoms with Crippen molar-refractivity contribution in [2.45, 2.75) is 65.0 Å². The van der Waals surface area contributed by atoms with Crippen LogP contribution in [0.4, 0.5) is 0 Å². The molecule has 4 N–H and O–H groups in total. The smallest absolute Gasteiger partial charge is 0.326 e. The van der Waals surface area contributed by atoms with Crippen LogP contribution in [-0.4, -0.2) is 47.4 Å². The van der Waals surface area contributed by atoms with E-state index in [2.05, 4.69) is 16.0 Å². The minimum atomic E-state index is -1.11. The molecular weight excluding hydrogens is 326 g/mol. The van der Waals surface area contributed by atoms with Crippen LogP contribution in [0.5, 0.6) is 0 Å². The first kappa shape index (κ1) is 20.9. The van der Waals surface area contributed by atoms with E-state index in [-0.39, 0.29) is 24.3 Å². The lowest BCUT2D eigenvalue weighted by Crippen LogP contribution is -2.50. The number of hydrogen-bond donors (Lipinski definition) is 4. The molecule has 0 aromatic rings. The first-order chi connectivity index (χ1) is 11.7. The highest BCUT2D eigenvalue weighted by molar-refractivity contribution is 5.91. The minimum absolute atomic E-state index is 0.0362. The van der Waals surface area contributed by atoms with Gasteiger partial charge in [-0.15, -0.1) is 0 Å². The lowest BCUT2D eigenvalue weighted by molar-refractivity contribution is -0.142. The third-order valence-corrected chi connectivity index (χ3v) is 4.24. The second-order valence-electron chi connectivity index (χ2n) is 7.02. The largest absolute Gasteiger partial charge is 0.480 e. The minimum Gasteiger partial charge on any atom is -0.480 e. The quantitative estimate of drug-likeness (QED) is 0.477. The van der Waals surface area contributed by atoms with Crippen molar-refractivity contribution in [3.05, 3.63) is 0 Å². The Labute approximate surface area is 148 Å². The van der Waals surface area contributed by atoms with E-state index in [4.69, 9.17) is 5.11 Å². The molecular formula is C17H29N3O5. The maximum absolute atomic E-state index is 12.0. The van der Waals surface area contributed by atoms with E-state index >= 15 is 0 Å². The predicted molar refractivity (Wildman–Crippen MR) is 91.6 cm³/mol. The van der Waals surface area contributed by atoms with Gasteiger partial charge in [0, 0.05) is 5.92 Å². The van der Waals surface area contributed by atoms with Gasteiger partial charge in [-0.1, -0.05) is 26.7 Å². The highest BCUT2D eigenvalue weighted by atomic mass is 16.4. The summed E-state index contributed by atoms with van der Waals surface area (Å²) >= 11 is 0. The molecule has 0 aromatic carbocycles. The summed E-state index contributed by atoms with van der Waals surface area (Å²) in [5.74, 6) is -2.21. The predicted octanol–water partition coefficient (Wildman–Crippen LogP) is 0.413. The van der Waals surface area contributed by atoms with E-state index < -0.39 is 29.9 Å². The van der Waals surface area contributed by atoms with Gasteiger partial charge in [0.1, 0.15) is 12.1 Å². The van der Waals surface area contributed by atoms with Crippen LogP contribution < -0.4 is 16.0 Å². The van der Waals surface area contributed by atoms with E-state index in [9.17, 15) is 19.2 Å². The van der Waals surface area contributed by atoms with Crippen LogP contribution in [0.3, 0.4) is 0 Å². The summed E-state index contributed by atoms with van der Waals surface area (Å²) in [6.07, 6.45) is 4.05. The summed E-state index contributed by atoms with van der Waals surface area (Å²) in [5, 5.41) is 16.5. The Hall–Kier alpha value is -2.12. The Bertz CT molecular complexity index is 501. The number of carboxylic acid groups (broad SMARTS) is 1. The Kier molecular flexibility index (Phi) is 8.37. The normalized spacial score (nSPS) is 17.0. The van der Waals surface area contributed by atoms with Crippen molar-refractivity contribution in [1.82, 2.24) is 16.0 Å². The van der Waals surface area contributed by atoms with Crippen LogP contribution in [0.1, 0.15) is 52.9 Å². The Morgan fingerprint density at radius 2 is 1.64 bits per heavy atom. The molecule has 1 unspecified atom stereocenters. The van der Waals surface area contributed by atoms with E-state index in [1.165, 1.54) is 0 Å². The van der Waals surface area contributed by atoms with E-state index in [0.29, 0.717) is 6.42 Å². The number of carboxylic acids is 1. The third kappa shape index (κ3) is 7.53. The molecule has 1 saturated carbocycles. The fourth-order valence-corrected chi connectivity index (χ4v) is 2.84. The van der Waals surface area contributed by atoms with Gasteiger partial charge in [0.2, 0.25) is 17.7 Å². The summed E-state index contributed by atoms with van der Waals surface area (Å²) < 4.78 is 0. The van der Waals surface area contributed by atoms with E-state index in [1.807, 2.05) is 13.8 Å². The number of nitrogens with one attached hydrogen (secondary N) is 3. The topological polar surface area (TPSA) is 125 Å². The van der Waals surface area contributed by atoms with Gasteiger partial charge in [-0.05, 0) is 32.1 Å². The summed E-state index contributed by atoms with van der Waals surface area (Å²) in [7, 11) is 0. The van der Waals surface area contributed by atoms with Crippen LogP contribution in [-0.2, 0) is 19.2 Å². The van der Waals surface area contributed by atoms with Gasteiger partial charge < -0.3 is 21.1 Å². The average molecular weight is 355 g/mol. The van der Waals surface area contributed by atoms with Gasteiger partial charge in [-0.2, -0.15) is 0 Å². The Morgan fingerprint density at radius 3 is 2.16 bits per heavy atom. The van der Waals surface area contributed by atoms with Gasteiger partial charge in [0.15, 0.2) is 0 Å². The lowest BCUT2D eigenvalue weighted by atomic mass is 10.0. The molecule has 25 heavy (non-hydrogen) atoms. The number of amides is 3. The molecule has 1 rings (SSSR count). The number of rotatable bonds is 9. The standard InChI is InChI=1S/C17H29N3O5/c1-10(2)8-13(17(24)25)20-14(21)9-18-15(22)11(3)19-16(23)12-6-4-5-7-12/h10-13H,4-9H2,1-3H3,(H,18,22)(H,19,23)(H,20,21)(H,24,25)/t11?,13-/m0/s1. The zero-order chi connectivity index (χ0) is 19.0. The number of hydrogen-bond acceptors (Lipinski definition) is 4. The van der Waals surface area contributed by atoms with Crippen LogP contribution in [0, 0.1) is 11.8 Å². The molecule has 1 fully saturated rings. The summed E-state index contributed by atoms with van der Waals surface area (Å²) in [4.78, 5) is 46.9. The number of carbonyl (C=O) groups is 4. The van der Waals surface area contributed by atoms with Crippen molar-refractivity contribution in [2.75, 3.05) is 6.54 Å². The molecule has 1 aliphatic rings. The molecule has 0 aromatic heterocycles. The van der Waals surface area contributed by atoms with Crippen molar-refractivity contribution in [3.63, 3.8) is 0 Å². The van der Waals surface area contributed by atoms with Gasteiger partial charge in [0.05, 0.1) is 6.54 Å². The van der Waals surface area contributed by atoms with Gasteiger partial charge >= 0.3 is 5.97 Å². The number of aliphatic carboxylic acids is 1. The molecule has 8 heteroatoms. The summed E-state index contributed by atoms with van der Waals surface area (Å²) in [5.41, 5.74) is 0. The maximum atomic E-state index is 12.0. The Morgan fingerprint density at radius 1 is 1.04 bits per heavy atom. The third-order valence-electron chi connectivity index (χ3n) is 4.24. The van der Waals surface area contributed by atoms with Crippen LogP contribution >= 0.6 is 0 Å². The fraction of sp³-hybridized carbons (Fsp3) is 0.765. The Balaban J connectivity index is 2.36. The molecule has 0 bridgehead atoms. The molecule has 0 radical (unpaired) electrons. The molecule has 2 atom stereocenters. The zero-order valence-corrected chi connectivity index (χ0v) is 15.1. The molecule has 0 aliphatic heterocycles. The second kappa shape index (κ2) is 10.0. The second-order valence-corrected chi connectivity index (χ2v) is 7.02. The van der Waals surface area contributed by atoms with Crippen molar-refractivity contribution in [3.8, 4) is 0 Å². The molecule has 3 amide bonds. The molecule has 142 valence electrons.